The summed E-state index contributed by atoms with van der Waals surface area (Å²) >= 11 is 0. The fourth-order valence-corrected chi connectivity index (χ4v) is 2.75. The molecule has 2 heterocycles. The minimum absolute atomic E-state index is 0.200. The van der Waals surface area contributed by atoms with E-state index in [-0.39, 0.29) is 12.1 Å². The van der Waals surface area contributed by atoms with Crippen LogP contribution in [-0.4, -0.2) is 40.8 Å². The average Bonchev–Trinajstić information content (AvgIpc) is 2.51. The van der Waals surface area contributed by atoms with Crippen molar-refractivity contribution >= 4 is 6.09 Å². The van der Waals surface area contributed by atoms with Crippen molar-refractivity contribution in [2.24, 2.45) is 0 Å². The molecule has 0 saturated carbocycles. The van der Waals surface area contributed by atoms with Crippen molar-refractivity contribution in [2.45, 2.75) is 64.7 Å². The van der Waals surface area contributed by atoms with Crippen LogP contribution < -0.4 is 0 Å². The maximum Gasteiger partial charge on any atom is 0.410 e. The number of likely N-dealkylation sites (tertiary alicyclic amines) is 1. The highest BCUT2D eigenvalue weighted by molar-refractivity contribution is 5.68. The van der Waals surface area contributed by atoms with Crippen molar-refractivity contribution in [3.63, 3.8) is 0 Å². The van der Waals surface area contributed by atoms with E-state index >= 15 is 0 Å². The Labute approximate surface area is 139 Å². The molecule has 128 valence electrons. The second-order valence-corrected chi connectivity index (χ2v) is 7.03. The van der Waals surface area contributed by atoms with Crippen molar-refractivity contribution in [2.75, 3.05) is 13.2 Å². The predicted molar refractivity (Wildman–Crippen MR) is 89.1 cm³/mol. The smallest absolute Gasteiger partial charge is 0.410 e. The summed E-state index contributed by atoms with van der Waals surface area (Å²) in [5, 5.41) is 0. The van der Waals surface area contributed by atoms with Gasteiger partial charge in [0.2, 0.25) is 0 Å². The lowest BCUT2D eigenvalue weighted by Crippen LogP contribution is -2.46. The van der Waals surface area contributed by atoms with E-state index in [9.17, 15) is 4.79 Å². The Morgan fingerprint density at radius 2 is 2.22 bits per heavy atom. The zero-order chi connectivity index (χ0) is 16.7. The van der Waals surface area contributed by atoms with Crippen molar-refractivity contribution in [3.05, 3.63) is 30.1 Å². The maximum atomic E-state index is 12.3. The number of nitrogens with zero attached hydrogens (tertiary/aromatic N) is 2. The lowest BCUT2D eigenvalue weighted by molar-refractivity contribution is 0.00378. The van der Waals surface area contributed by atoms with Gasteiger partial charge in [-0.25, -0.2) is 4.79 Å². The summed E-state index contributed by atoms with van der Waals surface area (Å²) in [4.78, 5) is 18.3. The monoisotopic (exact) mass is 320 g/mol. The number of ether oxygens (including phenoxy) is 2. The summed E-state index contributed by atoms with van der Waals surface area (Å²) in [7, 11) is 0. The van der Waals surface area contributed by atoms with Gasteiger partial charge in [-0.05, 0) is 58.1 Å². The molecule has 0 unspecified atom stereocenters. The van der Waals surface area contributed by atoms with E-state index in [2.05, 4.69) is 4.98 Å². The highest BCUT2D eigenvalue weighted by atomic mass is 16.6. The molecular formula is C18H28N2O3. The summed E-state index contributed by atoms with van der Waals surface area (Å²) in [6.07, 6.45) is 7.44. The average molecular weight is 320 g/mol. The van der Waals surface area contributed by atoms with Crippen LogP contribution in [0.1, 0.15) is 52.0 Å². The van der Waals surface area contributed by atoms with Crippen molar-refractivity contribution in [3.8, 4) is 0 Å². The summed E-state index contributed by atoms with van der Waals surface area (Å²) in [5.74, 6) is 0. The molecule has 0 aromatic carbocycles. The highest BCUT2D eigenvalue weighted by Gasteiger charge is 2.30. The number of pyridine rings is 1. The molecule has 0 radical (unpaired) electrons. The van der Waals surface area contributed by atoms with Crippen LogP contribution >= 0.6 is 0 Å². The van der Waals surface area contributed by atoms with Crippen molar-refractivity contribution in [1.82, 2.24) is 9.88 Å². The van der Waals surface area contributed by atoms with Crippen LogP contribution in [0, 0.1) is 0 Å². The number of hydrogen-bond donors (Lipinski definition) is 0. The zero-order valence-corrected chi connectivity index (χ0v) is 14.5. The molecular weight excluding hydrogens is 292 g/mol. The number of carbonyl (C=O) groups is 1. The van der Waals surface area contributed by atoms with E-state index in [1.165, 1.54) is 0 Å². The Hall–Kier alpha value is -1.62. The van der Waals surface area contributed by atoms with Crippen LogP contribution in [0.4, 0.5) is 4.79 Å². The molecule has 0 bridgehead atoms. The van der Waals surface area contributed by atoms with Gasteiger partial charge in [-0.15, -0.1) is 0 Å². The highest BCUT2D eigenvalue weighted by Crippen LogP contribution is 2.22. The molecule has 1 aromatic rings. The molecule has 1 fully saturated rings. The molecule has 5 heteroatoms. The number of carbonyl (C=O) groups excluding carboxylic acids is 1. The van der Waals surface area contributed by atoms with Crippen molar-refractivity contribution in [1.29, 1.82) is 0 Å². The first-order valence-electron chi connectivity index (χ1n) is 8.42. The van der Waals surface area contributed by atoms with Crippen LogP contribution in [0.25, 0.3) is 0 Å². The molecule has 1 aliphatic heterocycles. The third-order valence-corrected chi connectivity index (χ3v) is 3.84. The van der Waals surface area contributed by atoms with Crippen LogP contribution in [0.5, 0.6) is 0 Å². The third kappa shape index (κ3) is 6.18. The van der Waals surface area contributed by atoms with E-state index < -0.39 is 5.60 Å². The molecule has 0 N–H and O–H groups in total. The number of hydrogen-bond acceptors (Lipinski definition) is 4. The van der Waals surface area contributed by atoms with Gasteiger partial charge in [0, 0.05) is 31.6 Å². The molecule has 1 atom stereocenters. The second-order valence-electron chi connectivity index (χ2n) is 7.03. The first kappa shape index (κ1) is 17.7. The van der Waals surface area contributed by atoms with E-state index in [1.54, 1.807) is 6.20 Å². The van der Waals surface area contributed by atoms with E-state index in [0.717, 1.165) is 37.8 Å². The molecule has 0 aliphatic carbocycles. The summed E-state index contributed by atoms with van der Waals surface area (Å²) in [6.45, 7) is 7.69. The quantitative estimate of drug-likeness (QED) is 0.775. The lowest BCUT2D eigenvalue weighted by atomic mass is 10.0. The van der Waals surface area contributed by atoms with Crippen LogP contribution in [0.3, 0.4) is 0 Å². The molecule has 23 heavy (non-hydrogen) atoms. The second kappa shape index (κ2) is 8.29. The lowest BCUT2D eigenvalue weighted by Gasteiger charge is -2.36. The molecule has 0 spiro atoms. The van der Waals surface area contributed by atoms with Crippen LogP contribution in [0.2, 0.25) is 0 Å². The largest absolute Gasteiger partial charge is 0.444 e. The number of aromatic nitrogens is 1. The van der Waals surface area contributed by atoms with Gasteiger partial charge in [0.25, 0.3) is 0 Å². The van der Waals surface area contributed by atoms with E-state index in [4.69, 9.17) is 9.47 Å². The topological polar surface area (TPSA) is 51.7 Å². The van der Waals surface area contributed by atoms with Gasteiger partial charge in [-0.3, -0.25) is 4.98 Å². The third-order valence-electron chi connectivity index (χ3n) is 3.84. The summed E-state index contributed by atoms with van der Waals surface area (Å²) < 4.78 is 11.3. The first-order chi connectivity index (χ1) is 11.0. The number of amides is 1. The summed E-state index contributed by atoms with van der Waals surface area (Å²) in [5.41, 5.74) is 0.621. The van der Waals surface area contributed by atoms with Crippen LogP contribution in [-0.2, 0) is 16.1 Å². The molecule has 1 aromatic heterocycles. The summed E-state index contributed by atoms with van der Waals surface area (Å²) in [6, 6.07) is 4.12. The minimum Gasteiger partial charge on any atom is -0.444 e. The van der Waals surface area contributed by atoms with E-state index in [0.29, 0.717) is 13.2 Å². The van der Waals surface area contributed by atoms with Crippen LogP contribution in [0.15, 0.2) is 24.5 Å². The van der Waals surface area contributed by atoms with E-state index in [1.807, 2.05) is 44.0 Å². The fourth-order valence-electron chi connectivity index (χ4n) is 2.75. The van der Waals surface area contributed by atoms with Gasteiger partial charge >= 0.3 is 6.09 Å². The number of rotatable bonds is 5. The molecule has 1 saturated heterocycles. The Balaban J connectivity index is 1.78. The molecule has 1 amide bonds. The van der Waals surface area contributed by atoms with Gasteiger partial charge in [0.1, 0.15) is 5.60 Å². The Morgan fingerprint density at radius 1 is 1.39 bits per heavy atom. The number of piperidine rings is 1. The van der Waals surface area contributed by atoms with Gasteiger partial charge < -0.3 is 14.4 Å². The van der Waals surface area contributed by atoms with Gasteiger partial charge in [0.05, 0.1) is 6.61 Å². The van der Waals surface area contributed by atoms with Gasteiger partial charge in [-0.1, -0.05) is 6.07 Å². The maximum absolute atomic E-state index is 12.3. The fraction of sp³-hybridized carbons (Fsp3) is 0.667. The standard InChI is InChI=1S/C18H28N2O3/c1-18(2,3)23-17(21)20-11-5-4-8-16(20)9-12-22-14-15-7-6-10-19-13-15/h6-7,10,13,16H,4-5,8-9,11-12,14H2,1-3H3/t16-/m1/s1. The molecule has 1 aliphatic rings. The van der Waals surface area contributed by atoms with Gasteiger partial charge in [-0.2, -0.15) is 0 Å². The first-order valence-corrected chi connectivity index (χ1v) is 8.42. The Morgan fingerprint density at radius 3 is 2.91 bits per heavy atom. The normalized spacial score (nSPS) is 18.7. The molecule has 5 nitrogen and oxygen atoms in total. The Bertz CT molecular complexity index is 485. The minimum atomic E-state index is -0.449. The Kier molecular flexibility index (Phi) is 6.39. The molecule has 2 rings (SSSR count). The predicted octanol–water partition coefficient (Wildman–Crippen LogP) is 3.78. The van der Waals surface area contributed by atoms with Gasteiger partial charge in [0.15, 0.2) is 0 Å². The van der Waals surface area contributed by atoms with Crippen molar-refractivity contribution < 1.29 is 14.3 Å². The zero-order valence-electron chi connectivity index (χ0n) is 14.5. The SMILES string of the molecule is CC(C)(C)OC(=O)N1CCCC[C@@H]1CCOCc1cccnc1.